The van der Waals surface area contributed by atoms with E-state index in [1.165, 1.54) is 0 Å². The van der Waals surface area contributed by atoms with E-state index in [4.69, 9.17) is 26.3 Å². The van der Waals surface area contributed by atoms with Crippen molar-refractivity contribution in [2.75, 3.05) is 13.2 Å². The molecule has 0 aliphatic heterocycles. The number of hydrogen-bond acceptors (Lipinski definition) is 3. The van der Waals surface area contributed by atoms with Crippen molar-refractivity contribution in [3.8, 4) is 17.6 Å². The van der Waals surface area contributed by atoms with Gasteiger partial charge in [0.1, 0.15) is 25.0 Å². The highest BCUT2D eigenvalue weighted by Gasteiger charge is 2.10. The molecule has 3 nitrogen and oxygen atoms in total. The minimum Gasteiger partial charge on any atom is -0.490 e. The van der Waals surface area contributed by atoms with Crippen LogP contribution < -0.4 is 9.47 Å². The maximum absolute atomic E-state index is 9.13. The Hall–Kier alpha value is -1.70. The van der Waals surface area contributed by atoms with Crippen LogP contribution in [0.3, 0.4) is 0 Å². The summed E-state index contributed by atoms with van der Waals surface area (Å²) in [6, 6.07) is 11.4. The van der Waals surface area contributed by atoms with Gasteiger partial charge in [-0.1, -0.05) is 23.7 Å². The Labute approximate surface area is 143 Å². The molecule has 5 heteroatoms. The molecule has 0 amide bonds. The standard InChI is InChI=1S/C17H15BrClNO2/c1-11-3-4-12(2)16(7-11)21-5-6-22-17-13(10-20)8-14(19)9-15(17)18/h3-4,7-9H,5-6H2,1-2H3. The summed E-state index contributed by atoms with van der Waals surface area (Å²) in [5.41, 5.74) is 2.62. The van der Waals surface area contributed by atoms with E-state index in [0.717, 1.165) is 16.9 Å². The van der Waals surface area contributed by atoms with Gasteiger partial charge in [-0.15, -0.1) is 0 Å². The fourth-order valence-electron chi connectivity index (χ4n) is 1.95. The number of hydrogen-bond donors (Lipinski definition) is 0. The molecule has 0 radical (unpaired) electrons. The lowest BCUT2D eigenvalue weighted by molar-refractivity contribution is 0.215. The topological polar surface area (TPSA) is 42.2 Å². The van der Waals surface area contributed by atoms with E-state index in [9.17, 15) is 0 Å². The summed E-state index contributed by atoms with van der Waals surface area (Å²) >= 11 is 9.27. The number of benzene rings is 2. The first-order valence-electron chi connectivity index (χ1n) is 6.73. The van der Waals surface area contributed by atoms with Gasteiger partial charge in [0.05, 0.1) is 10.0 Å². The van der Waals surface area contributed by atoms with Gasteiger partial charge in [0, 0.05) is 5.02 Å². The zero-order valence-electron chi connectivity index (χ0n) is 12.3. The van der Waals surface area contributed by atoms with Crippen molar-refractivity contribution >= 4 is 27.5 Å². The highest BCUT2D eigenvalue weighted by atomic mass is 79.9. The summed E-state index contributed by atoms with van der Waals surface area (Å²) in [6.45, 7) is 4.75. The largest absolute Gasteiger partial charge is 0.490 e. The number of nitrogens with zero attached hydrogens (tertiary/aromatic N) is 1. The number of rotatable bonds is 5. The van der Waals surface area contributed by atoms with Crippen LogP contribution in [-0.2, 0) is 0 Å². The van der Waals surface area contributed by atoms with E-state index in [-0.39, 0.29) is 0 Å². The Balaban J connectivity index is 1.98. The van der Waals surface area contributed by atoms with E-state index in [0.29, 0.717) is 34.0 Å². The maximum atomic E-state index is 9.13. The van der Waals surface area contributed by atoms with Crippen LogP contribution in [0.5, 0.6) is 11.5 Å². The van der Waals surface area contributed by atoms with Gasteiger partial charge in [-0.3, -0.25) is 0 Å². The molecule has 0 fully saturated rings. The molecule has 0 heterocycles. The van der Waals surface area contributed by atoms with E-state index in [2.05, 4.69) is 22.0 Å². The third-order valence-corrected chi connectivity index (χ3v) is 3.87. The van der Waals surface area contributed by atoms with E-state index >= 15 is 0 Å². The van der Waals surface area contributed by atoms with Crippen molar-refractivity contribution in [2.24, 2.45) is 0 Å². The fraction of sp³-hybridized carbons (Fsp3) is 0.235. The van der Waals surface area contributed by atoms with Crippen LogP contribution >= 0.6 is 27.5 Å². The molecule has 0 saturated carbocycles. The van der Waals surface area contributed by atoms with Gasteiger partial charge in [0.25, 0.3) is 0 Å². The molecular formula is C17H15BrClNO2. The third-order valence-electron chi connectivity index (χ3n) is 3.06. The lowest BCUT2D eigenvalue weighted by Gasteiger charge is -2.13. The van der Waals surface area contributed by atoms with E-state index in [1.54, 1.807) is 12.1 Å². The molecular weight excluding hydrogens is 366 g/mol. The Kier molecular flexibility index (Phi) is 5.70. The average molecular weight is 381 g/mol. The zero-order valence-corrected chi connectivity index (χ0v) is 14.7. The molecule has 0 atom stereocenters. The van der Waals surface area contributed by atoms with Crippen LogP contribution in [0.25, 0.3) is 0 Å². The van der Waals surface area contributed by atoms with Gasteiger partial charge in [0.2, 0.25) is 0 Å². The molecule has 0 bridgehead atoms. The van der Waals surface area contributed by atoms with Crippen molar-refractivity contribution in [3.05, 3.63) is 56.5 Å². The molecule has 2 aromatic carbocycles. The van der Waals surface area contributed by atoms with Crippen molar-refractivity contribution < 1.29 is 9.47 Å². The van der Waals surface area contributed by atoms with Gasteiger partial charge in [-0.25, -0.2) is 0 Å². The number of aryl methyl sites for hydroxylation is 2. The number of halogens is 2. The first-order valence-corrected chi connectivity index (χ1v) is 7.90. The quantitative estimate of drug-likeness (QED) is 0.682. The molecule has 114 valence electrons. The maximum Gasteiger partial charge on any atom is 0.151 e. The van der Waals surface area contributed by atoms with Crippen LogP contribution in [0, 0.1) is 25.2 Å². The first kappa shape index (κ1) is 16.7. The lowest BCUT2D eigenvalue weighted by Crippen LogP contribution is -2.10. The zero-order chi connectivity index (χ0) is 16.1. The van der Waals surface area contributed by atoms with Gasteiger partial charge in [-0.05, 0) is 59.1 Å². The normalized spacial score (nSPS) is 10.1. The monoisotopic (exact) mass is 379 g/mol. The highest BCUT2D eigenvalue weighted by molar-refractivity contribution is 9.10. The Morgan fingerprint density at radius 2 is 1.86 bits per heavy atom. The second-order valence-electron chi connectivity index (χ2n) is 4.84. The minimum absolute atomic E-state index is 0.336. The van der Waals surface area contributed by atoms with Crippen molar-refractivity contribution in [1.82, 2.24) is 0 Å². The van der Waals surface area contributed by atoms with Crippen LogP contribution in [-0.4, -0.2) is 13.2 Å². The van der Waals surface area contributed by atoms with Crippen LogP contribution in [0.15, 0.2) is 34.8 Å². The van der Waals surface area contributed by atoms with Crippen molar-refractivity contribution in [3.63, 3.8) is 0 Å². The van der Waals surface area contributed by atoms with Crippen molar-refractivity contribution in [2.45, 2.75) is 13.8 Å². The average Bonchev–Trinajstić information content (AvgIpc) is 2.48. The molecule has 0 aromatic heterocycles. The molecule has 0 spiro atoms. The molecule has 2 rings (SSSR count). The smallest absolute Gasteiger partial charge is 0.151 e. The Bertz CT molecular complexity index is 725. The second kappa shape index (κ2) is 7.53. The molecule has 22 heavy (non-hydrogen) atoms. The van der Waals surface area contributed by atoms with Gasteiger partial charge in [-0.2, -0.15) is 5.26 Å². The van der Waals surface area contributed by atoms with Crippen LogP contribution in [0.4, 0.5) is 0 Å². The predicted molar refractivity (Wildman–Crippen MR) is 90.8 cm³/mol. The molecule has 0 saturated heterocycles. The SMILES string of the molecule is Cc1ccc(C)c(OCCOc2c(Br)cc(Cl)cc2C#N)c1. The summed E-state index contributed by atoms with van der Waals surface area (Å²) in [7, 11) is 0. The van der Waals surface area contributed by atoms with E-state index in [1.807, 2.05) is 32.0 Å². The second-order valence-corrected chi connectivity index (χ2v) is 6.13. The summed E-state index contributed by atoms with van der Waals surface area (Å²) in [5, 5.41) is 9.62. The molecule has 0 aliphatic carbocycles. The van der Waals surface area contributed by atoms with E-state index < -0.39 is 0 Å². The van der Waals surface area contributed by atoms with Crippen LogP contribution in [0.2, 0.25) is 5.02 Å². The van der Waals surface area contributed by atoms with Gasteiger partial charge in [0.15, 0.2) is 5.75 Å². The van der Waals surface area contributed by atoms with Crippen molar-refractivity contribution in [1.29, 1.82) is 5.26 Å². The molecule has 0 N–H and O–H groups in total. The predicted octanol–water partition coefficient (Wildman–Crippen LogP) is 5.05. The Morgan fingerprint density at radius 3 is 2.59 bits per heavy atom. The third kappa shape index (κ3) is 4.16. The molecule has 2 aromatic rings. The van der Waals surface area contributed by atoms with Gasteiger partial charge >= 0.3 is 0 Å². The number of ether oxygens (including phenoxy) is 2. The summed E-state index contributed by atoms with van der Waals surface area (Å²) in [5.74, 6) is 1.33. The molecule has 0 unspecified atom stereocenters. The number of nitriles is 1. The Morgan fingerprint density at radius 1 is 1.14 bits per heavy atom. The first-order chi connectivity index (χ1) is 10.5. The molecule has 0 aliphatic rings. The fourth-order valence-corrected chi connectivity index (χ4v) is 2.87. The lowest BCUT2D eigenvalue weighted by atomic mass is 10.1. The van der Waals surface area contributed by atoms with Crippen LogP contribution in [0.1, 0.15) is 16.7 Å². The summed E-state index contributed by atoms with van der Waals surface area (Å²) in [6.07, 6.45) is 0. The highest BCUT2D eigenvalue weighted by Crippen LogP contribution is 2.32. The van der Waals surface area contributed by atoms with Gasteiger partial charge < -0.3 is 9.47 Å². The summed E-state index contributed by atoms with van der Waals surface area (Å²) < 4.78 is 12.0. The summed E-state index contributed by atoms with van der Waals surface area (Å²) in [4.78, 5) is 0. The minimum atomic E-state index is 0.336.